The molecule has 2 aromatic rings. The molecule has 122 valence electrons. The van der Waals surface area contributed by atoms with Crippen LogP contribution in [0.1, 0.15) is 48.3 Å². The quantitative estimate of drug-likeness (QED) is 0.689. The normalized spacial score (nSPS) is 13.9. The molecule has 0 saturated carbocycles. The third kappa shape index (κ3) is 4.68. The van der Waals surface area contributed by atoms with Gasteiger partial charge in [-0.1, -0.05) is 30.1 Å². The van der Waals surface area contributed by atoms with E-state index >= 15 is 0 Å². The Balaban J connectivity index is 1.32. The van der Waals surface area contributed by atoms with Crippen LogP contribution in [0.25, 0.3) is 0 Å². The maximum atomic E-state index is 5.48. The fraction of sp³-hybridized carbons (Fsp3) is 0.474. The lowest BCUT2D eigenvalue weighted by Gasteiger charge is -2.04. The van der Waals surface area contributed by atoms with Crippen LogP contribution in [0.5, 0.6) is 0 Å². The maximum Gasteiger partial charge on any atom is 0.216 e. The number of benzene rings is 1. The lowest BCUT2D eigenvalue weighted by Crippen LogP contribution is -2.00. The summed E-state index contributed by atoms with van der Waals surface area (Å²) in [5.74, 6) is 1.80. The summed E-state index contributed by atoms with van der Waals surface area (Å²) in [6.07, 6.45) is 7.02. The van der Waals surface area contributed by atoms with E-state index in [1.807, 2.05) is 13.0 Å². The fourth-order valence-corrected chi connectivity index (χ4v) is 2.84. The lowest BCUT2D eigenvalue weighted by molar-refractivity contribution is 0.348. The first-order valence-corrected chi connectivity index (χ1v) is 8.50. The molecule has 1 aromatic carbocycles. The summed E-state index contributed by atoms with van der Waals surface area (Å²) in [6, 6.07) is 10.6. The van der Waals surface area contributed by atoms with Crippen LogP contribution in [-0.4, -0.2) is 24.2 Å². The number of aromatic nitrogens is 1. The Morgan fingerprint density at radius 1 is 1.00 bits per heavy atom. The summed E-state index contributed by atoms with van der Waals surface area (Å²) in [4.78, 5) is 4.34. The summed E-state index contributed by atoms with van der Waals surface area (Å²) in [5, 5.41) is 3.91. The molecular weight excluding hydrogens is 288 g/mol. The van der Waals surface area contributed by atoms with Crippen LogP contribution < -0.4 is 0 Å². The van der Waals surface area contributed by atoms with E-state index in [-0.39, 0.29) is 0 Å². The first kappa shape index (κ1) is 15.8. The first-order valence-electron chi connectivity index (χ1n) is 8.50. The third-order valence-corrected chi connectivity index (χ3v) is 4.10. The molecule has 4 heteroatoms. The lowest BCUT2D eigenvalue weighted by atomic mass is 10.0. The molecule has 0 bridgehead atoms. The fourth-order valence-electron chi connectivity index (χ4n) is 2.84. The van der Waals surface area contributed by atoms with Gasteiger partial charge in [-0.15, -0.1) is 0 Å². The van der Waals surface area contributed by atoms with Gasteiger partial charge < -0.3 is 9.26 Å². The number of hydrogen-bond donors (Lipinski definition) is 0. The van der Waals surface area contributed by atoms with Crippen LogP contribution in [0.3, 0.4) is 0 Å². The second-order valence-corrected chi connectivity index (χ2v) is 6.08. The first-order chi connectivity index (χ1) is 11.3. The number of nitrogens with zero attached hydrogens (tertiary/aromatic N) is 2. The molecule has 0 fully saturated rings. The zero-order valence-electron chi connectivity index (χ0n) is 13.8. The topological polar surface area (TPSA) is 47.6 Å². The monoisotopic (exact) mass is 312 g/mol. The van der Waals surface area contributed by atoms with E-state index in [2.05, 4.69) is 34.4 Å². The second kappa shape index (κ2) is 7.95. The highest BCUT2D eigenvalue weighted by Gasteiger charge is 2.09. The van der Waals surface area contributed by atoms with Gasteiger partial charge in [-0.3, -0.25) is 0 Å². The van der Waals surface area contributed by atoms with Gasteiger partial charge in [0.05, 0.1) is 12.2 Å². The Morgan fingerprint density at radius 3 is 2.43 bits per heavy atom. The molecule has 2 heterocycles. The molecule has 23 heavy (non-hydrogen) atoms. The average molecular weight is 312 g/mol. The summed E-state index contributed by atoms with van der Waals surface area (Å²) < 4.78 is 10.7. The Morgan fingerprint density at radius 2 is 1.78 bits per heavy atom. The average Bonchev–Trinajstić information content (AvgIpc) is 3.23. The molecule has 0 unspecified atom stereocenters. The molecule has 3 rings (SSSR count). The zero-order chi connectivity index (χ0) is 15.9. The van der Waals surface area contributed by atoms with E-state index in [0.717, 1.165) is 42.3 Å². The van der Waals surface area contributed by atoms with E-state index in [1.54, 1.807) is 0 Å². The van der Waals surface area contributed by atoms with Gasteiger partial charge in [0.25, 0.3) is 0 Å². The Kier molecular flexibility index (Phi) is 5.46. The van der Waals surface area contributed by atoms with Gasteiger partial charge in [0.15, 0.2) is 0 Å². The Labute approximate surface area is 137 Å². The van der Waals surface area contributed by atoms with Crippen molar-refractivity contribution in [1.82, 2.24) is 5.16 Å². The predicted octanol–water partition coefficient (Wildman–Crippen LogP) is 4.11. The highest BCUT2D eigenvalue weighted by molar-refractivity contribution is 5.94. The molecule has 4 nitrogen and oxygen atoms in total. The van der Waals surface area contributed by atoms with E-state index < -0.39 is 0 Å². The van der Waals surface area contributed by atoms with Crippen molar-refractivity contribution < 1.29 is 9.26 Å². The largest absolute Gasteiger partial charge is 0.476 e. The number of aliphatic imine (C=N–C) groups is 1. The highest BCUT2D eigenvalue weighted by Crippen LogP contribution is 2.14. The van der Waals surface area contributed by atoms with Crippen LogP contribution in [-0.2, 0) is 17.6 Å². The number of rotatable bonds is 8. The SMILES string of the molecule is Cc1cc(CCCCCCc2ccc(C3=NCCO3)cc2)on1. The van der Waals surface area contributed by atoms with Gasteiger partial charge in [0.1, 0.15) is 12.4 Å². The minimum absolute atomic E-state index is 0.713. The molecule has 1 aliphatic heterocycles. The van der Waals surface area contributed by atoms with E-state index in [0.29, 0.717) is 6.61 Å². The van der Waals surface area contributed by atoms with Gasteiger partial charge in [0.2, 0.25) is 5.90 Å². The van der Waals surface area contributed by atoms with Crippen molar-refractivity contribution in [3.05, 3.63) is 52.9 Å². The summed E-state index contributed by atoms with van der Waals surface area (Å²) in [6.45, 7) is 3.46. The number of ether oxygens (including phenoxy) is 1. The van der Waals surface area contributed by atoms with Gasteiger partial charge >= 0.3 is 0 Å². The molecule has 1 aliphatic rings. The Hall–Kier alpha value is -2.10. The van der Waals surface area contributed by atoms with Crippen LogP contribution in [0.4, 0.5) is 0 Å². The molecule has 1 aromatic heterocycles. The van der Waals surface area contributed by atoms with Gasteiger partial charge in [0, 0.05) is 18.1 Å². The number of unbranched alkanes of at least 4 members (excludes halogenated alkanes) is 3. The predicted molar refractivity (Wildman–Crippen MR) is 90.9 cm³/mol. The molecule has 0 amide bonds. The zero-order valence-corrected chi connectivity index (χ0v) is 13.8. The Bertz CT molecular complexity index is 644. The molecule has 0 radical (unpaired) electrons. The van der Waals surface area contributed by atoms with Crippen molar-refractivity contribution in [2.24, 2.45) is 4.99 Å². The second-order valence-electron chi connectivity index (χ2n) is 6.08. The summed E-state index contributed by atoms with van der Waals surface area (Å²) in [7, 11) is 0. The number of aryl methyl sites for hydroxylation is 3. The van der Waals surface area contributed by atoms with Gasteiger partial charge in [-0.2, -0.15) is 0 Å². The maximum absolute atomic E-state index is 5.48. The van der Waals surface area contributed by atoms with Crippen molar-refractivity contribution in [3.8, 4) is 0 Å². The standard InChI is InChI=1S/C19H24N2O2/c1-15-14-18(23-21-15)7-5-3-2-4-6-16-8-10-17(11-9-16)19-20-12-13-22-19/h8-11,14H,2-7,12-13H2,1H3. The minimum atomic E-state index is 0.713. The molecule has 0 aliphatic carbocycles. The van der Waals surface area contributed by atoms with Crippen molar-refractivity contribution in [1.29, 1.82) is 0 Å². The van der Waals surface area contributed by atoms with Crippen molar-refractivity contribution in [2.75, 3.05) is 13.2 Å². The molecule has 0 spiro atoms. The van der Waals surface area contributed by atoms with Crippen LogP contribution in [0.15, 0.2) is 39.8 Å². The third-order valence-electron chi connectivity index (χ3n) is 4.10. The van der Waals surface area contributed by atoms with Crippen LogP contribution in [0.2, 0.25) is 0 Å². The molecule has 0 saturated heterocycles. The van der Waals surface area contributed by atoms with Crippen molar-refractivity contribution in [2.45, 2.75) is 45.4 Å². The van der Waals surface area contributed by atoms with Gasteiger partial charge in [-0.05, 0) is 43.9 Å². The highest BCUT2D eigenvalue weighted by atomic mass is 16.5. The molecule has 0 N–H and O–H groups in total. The van der Waals surface area contributed by atoms with Crippen LogP contribution in [0, 0.1) is 6.92 Å². The molecular formula is C19H24N2O2. The van der Waals surface area contributed by atoms with Crippen molar-refractivity contribution in [3.63, 3.8) is 0 Å². The number of hydrogen-bond acceptors (Lipinski definition) is 4. The van der Waals surface area contributed by atoms with E-state index in [9.17, 15) is 0 Å². The van der Waals surface area contributed by atoms with E-state index in [4.69, 9.17) is 9.26 Å². The molecule has 0 atom stereocenters. The van der Waals surface area contributed by atoms with Gasteiger partial charge in [-0.25, -0.2) is 4.99 Å². The van der Waals surface area contributed by atoms with Crippen LogP contribution >= 0.6 is 0 Å². The summed E-state index contributed by atoms with van der Waals surface area (Å²) in [5.41, 5.74) is 3.45. The van der Waals surface area contributed by atoms with Crippen molar-refractivity contribution >= 4 is 5.90 Å². The minimum Gasteiger partial charge on any atom is -0.476 e. The summed E-state index contributed by atoms with van der Waals surface area (Å²) >= 11 is 0. The smallest absolute Gasteiger partial charge is 0.216 e. The van der Waals surface area contributed by atoms with E-state index in [1.165, 1.54) is 31.2 Å².